The largest absolute Gasteiger partial charge is 0.351 e. The molecule has 6 nitrogen and oxygen atoms in total. The van der Waals surface area contributed by atoms with Gasteiger partial charge in [-0.15, -0.1) is 0 Å². The summed E-state index contributed by atoms with van der Waals surface area (Å²) in [6.45, 7) is 1.87. The van der Waals surface area contributed by atoms with E-state index in [9.17, 15) is 13.2 Å². The fraction of sp³-hybridized carbons (Fsp3) is 0.0714. The van der Waals surface area contributed by atoms with Crippen molar-refractivity contribution in [2.45, 2.75) is 11.8 Å². The molecule has 0 aromatic heterocycles. The third kappa shape index (κ3) is 3.99. The molecule has 2 aromatic carbocycles. The number of aryl methyl sites for hydroxylation is 1. The SMILES string of the molecule is Cc1ccc(S(=O)(=O)Nc2cccc(NC(N)=O)c2)c(Br)c1. The van der Waals surface area contributed by atoms with Crippen LogP contribution in [0.3, 0.4) is 0 Å². The van der Waals surface area contributed by atoms with Gasteiger partial charge in [0.1, 0.15) is 4.90 Å². The number of carbonyl (C=O) groups is 1. The van der Waals surface area contributed by atoms with Crippen LogP contribution in [0, 0.1) is 6.92 Å². The lowest BCUT2D eigenvalue weighted by Gasteiger charge is -2.11. The highest BCUT2D eigenvalue weighted by Gasteiger charge is 2.17. The van der Waals surface area contributed by atoms with Gasteiger partial charge in [0.15, 0.2) is 0 Å². The fourth-order valence-corrected chi connectivity index (χ4v) is 4.08. The van der Waals surface area contributed by atoms with Crippen molar-refractivity contribution >= 4 is 43.4 Å². The molecule has 2 rings (SSSR count). The normalized spacial score (nSPS) is 11.0. The van der Waals surface area contributed by atoms with Crippen LogP contribution < -0.4 is 15.8 Å². The molecule has 0 radical (unpaired) electrons. The first-order valence-electron chi connectivity index (χ1n) is 6.23. The number of nitrogens with two attached hydrogens (primary N) is 1. The van der Waals surface area contributed by atoms with Gasteiger partial charge in [0, 0.05) is 10.2 Å². The highest BCUT2D eigenvalue weighted by atomic mass is 79.9. The molecule has 0 unspecified atom stereocenters. The quantitative estimate of drug-likeness (QED) is 0.755. The van der Waals surface area contributed by atoms with Gasteiger partial charge in [-0.05, 0) is 58.7 Å². The Balaban J connectivity index is 2.30. The summed E-state index contributed by atoms with van der Waals surface area (Å²) in [5.74, 6) is 0. The second kappa shape index (κ2) is 6.37. The molecule has 0 saturated carbocycles. The van der Waals surface area contributed by atoms with Crippen molar-refractivity contribution < 1.29 is 13.2 Å². The van der Waals surface area contributed by atoms with Crippen molar-refractivity contribution in [3.05, 3.63) is 52.5 Å². The molecule has 8 heteroatoms. The Hall–Kier alpha value is -2.06. The smallest absolute Gasteiger partial charge is 0.316 e. The second-order valence-corrected chi connectivity index (χ2v) is 7.11. The van der Waals surface area contributed by atoms with Crippen molar-refractivity contribution in [3.63, 3.8) is 0 Å². The zero-order chi connectivity index (χ0) is 16.3. The minimum atomic E-state index is -3.75. The Morgan fingerprint density at radius 3 is 2.45 bits per heavy atom. The van der Waals surface area contributed by atoms with Gasteiger partial charge in [0.25, 0.3) is 10.0 Å². The Bertz CT molecular complexity index is 822. The van der Waals surface area contributed by atoms with Crippen molar-refractivity contribution in [2.24, 2.45) is 5.73 Å². The lowest BCUT2D eigenvalue weighted by molar-refractivity contribution is 0.259. The van der Waals surface area contributed by atoms with Crippen LogP contribution in [-0.2, 0) is 10.0 Å². The number of hydrogen-bond donors (Lipinski definition) is 3. The van der Waals surface area contributed by atoms with Gasteiger partial charge in [-0.3, -0.25) is 4.72 Å². The minimum Gasteiger partial charge on any atom is -0.351 e. The lowest BCUT2D eigenvalue weighted by Crippen LogP contribution is -2.19. The maximum atomic E-state index is 12.4. The van der Waals surface area contributed by atoms with E-state index in [1.165, 1.54) is 12.1 Å². The van der Waals surface area contributed by atoms with E-state index >= 15 is 0 Å². The summed E-state index contributed by atoms with van der Waals surface area (Å²) in [6.07, 6.45) is 0. The first-order chi connectivity index (χ1) is 10.3. The van der Waals surface area contributed by atoms with Gasteiger partial charge >= 0.3 is 6.03 Å². The summed E-state index contributed by atoms with van der Waals surface area (Å²) in [6, 6.07) is 10.5. The van der Waals surface area contributed by atoms with E-state index in [0.717, 1.165) is 5.56 Å². The molecule has 22 heavy (non-hydrogen) atoms. The zero-order valence-corrected chi connectivity index (χ0v) is 14.0. The number of amides is 2. The van der Waals surface area contributed by atoms with Gasteiger partial charge in [-0.2, -0.15) is 0 Å². The maximum absolute atomic E-state index is 12.4. The molecular formula is C14H14BrN3O3S. The van der Waals surface area contributed by atoms with Gasteiger partial charge in [0.05, 0.1) is 5.69 Å². The molecule has 2 amide bonds. The molecule has 0 aliphatic heterocycles. The van der Waals surface area contributed by atoms with Crippen molar-refractivity contribution in [1.29, 1.82) is 0 Å². The number of sulfonamides is 1. The van der Waals surface area contributed by atoms with Crippen molar-refractivity contribution in [3.8, 4) is 0 Å². The average molecular weight is 384 g/mol. The van der Waals surface area contributed by atoms with E-state index in [1.54, 1.807) is 30.3 Å². The number of halogens is 1. The number of rotatable bonds is 4. The molecule has 0 aliphatic carbocycles. The molecule has 0 heterocycles. The fourth-order valence-electron chi connectivity index (χ4n) is 1.84. The summed E-state index contributed by atoms with van der Waals surface area (Å²) in [5, 5.41) is 2.38. The van der Waals surface area contributed by atoms with Crippen LogP contribution in [-0.4, -0.2) is 14.4 Å². The summed E-state index contributed by atoms with van der Waals surface area (Å²) < 4.78 is 27.8. The third-order valence-corrected chi connectivity index (χ3v) is 5.12. The van der Waals surface area contributed by atoms with Gasteiger partial charge < -0.3 is 11.1 Å². The highest BCUT2D eigenvalue weighted by Crippen LogP contribution is 2.26. The van der Waals surface area contributed by atoms with E-state index in [0.29, 0.717) is 15.8 Å². The van der Waals surface area contributed by atoms with E-state index < -0.39 is 16.1 Å². The van der Waals surface area contributed by atoms with Crippen LogP contribution >= 0.6 is 15.9 Å². The standard InChI is InChI=1S/C14H14BrN3O3S/c1-9-5-6-13(12(15)7-9)22(20,21)18-11-4-2-3-10(8-11)17-14(16)19/h2-8,18H,1H3,(H3,16,17,19). The Morgan fingerprint density at radius 1 is 1.14 bits per heavy atom. The molecule has 0 bridgehead atoms. The predicted octanol–water partition coefficient (Wildman–Crippen LogP) is 3.05. The van der Waals surface area contributed by atoms with E-state index in [2.05, 4.69) is 26.0 Å². The van der Waals surface area contributed by atoms with Crippen LogP contribution in [0.15, 0.2) is 51.8 Å². The van der Waals surface area contributed by atoms with Crippen LogP contribution in [0.25, 0.3) is 0 Å². The number of hydrogen-bond acceptors (Lipinski definition) is 3. The molecule has 116 valence electrons. The first kappa shape index (κ1) is 16.3. The Morgan fingerprint density at radius 2 is 1.82 bits per heavy atom. The number of primary amides is 1. The van der Waals surface area contributed by atoms with Gasteiger partial charge in [-0.1, -0.05) is 12.1 Å². The number of carbonyl (C=O) groups excluding carboxylic acids is 1. The van der Waals surface area contributed by atoms with E-state index in [4.69, 9.17) is 5.73 Å². The van der Waals surface area contributed by atoms with Crippen LogP contribution in [0.2, 0.25) is 0 Å². The molecule has 0 spiro atoms. The molecule has 0 fully saturated rings. The Kier molecular flexibility index (Phi) is 4.72. The third-order valence-electron chi connectivity index (χ3n) is 2.76. The van der Waals surface area contributed by atoms with Crippen LogP contribution in [0.1, 0.15) is 5.56 Å². The molecule has 2 aromatic rings. The molecular weight excluding hydrogens is 370 g/mol. The molecule has 0 saturated heterocycles. The predicted molar refractivity (Wildman–Crippen MR) is 89.3 cm³/mol. The van der Waals surface area contributed by atoms with E-state index in [1.807, 2.05) is 6.92 Å². The number of nitrogens with one attached hydrogen (secondary N) is 2. The maximum Gasteiger partial charge on any atom is 0.316 e. The lowest BCUT2D eigenvalue weighted by atomic mass is 10.2. The first-order valence-corrected chi connectivity index (χ1v) is 8.51. The summed E-state index contributed by atoms with van der Waals surface area (Å²) >= 11 is 3.25. The number of urea groups is 1. The monoisotopic (exact) mass is 383 g/mol. The van der Waals surface area contributed by atoms with Crippen LogP contribution in [0.4, 0.5) is 16.2 Å². The minimum absolute atomic E-state index is 0.131. The Labute approximate surface area is 136 Å². The number of benzene rings is 2. The second-order valence-electron chi connectivity index (χ2n) is 4.61. The summed E-state index contributed by atoms with van der Waals surface area (Å²) in [7, 11) is -3.75. The van der Waals surface area contributed by atoms with Crippen molar-refractivity contribution in [2.75, 3.05) is 10.0 Å². The highest BCUT2D eigenvalue weighted by molar-refractivity contribution is 9.10. The topological polar surface area (TPSA) is 101 Å². The molecule has 0 atom stereocenters. The van der Waals surface area contributed by atoms with Crippen molar-refractivity contribution in [1.82, 2.24) is 0 Å². The number of anilines is 2. The molecule has 0 aliphatic rings. The van der Waals surface area contributed by atoms with Gasteiger partial charge in [-0.25, -0.2) is 13.2 Å². The van der Waals surface area contributed by atoms with Gasteiger partial charge in [0.2, 0.25) is 0 Å². The summed E-state index contributed by atoms with van der Waals surface area (Å²) in [4.78, 5) is 11.0. The zero-order valence-electron chi connectivity index (χ0n) is 11.6. The molecule has 4 N–H and O–H groups in total. The average Bonchev–Trinajstić information content (AvgIpc) is 2.36. The summed E-state index contributed by atoms with van der Waals surface area (Å²) in [5.41, 5.74) is 6.69. The van der Waals surface area contributed by atoms with Crippen LogP contribution in [0.5, 0.6) is 0 Å². The van der Waals surface area contributed by atoms with E-state index in [-0.39, 0.29) is 4.90 Å².